The fourth-order valence-corrected chi connectivity index (χ4v) is 4.39. The van der Waals surface area contributed by atoms with E-state index in [4.69, 9.17) is 17.3 Å². The molecule has 0 atom stereocenters. The number of hydrogen-bond donors (Lipinski definition) is 2. The van der Waals surface area contributed by atoms with Gasteiger partial charge in [-0.15, -0.1) is 0 Å². The first-order valence-corrected chi connectivity index (χ1v) is 8.69. The molecule has 0 amide bonds. The van der Waals surface area contributed by atoms with Gasteiger partial charge < -0.3 is 5.73 Å². The Morgan fingerprint density at radius 2 is 2.11 bits per heavy atom. The van der Waals surface area contributed by atoms with E-state index in [1.807, 2.05) is 0 Å². The van der Waals surface area contributed by atoms with Gasteiger partial charge in [0.25, 0.3) is 0 Å². The Morgan fingerprint density at radius 3 is 2.63 bits per heavy atom. The van der Waals surface area contributed by atoms with Gasteiger partial charge in [0.05, 0.1) is 9.37 Å². The number of anilines is 1. The van der Waals surface area contributed by atoms with Crippen LogP contribution in [0.5, 0.6) is 0 Å². The zero-order valence-electron chi connectivity index (χ0n) is 10.5. The number of nitrogen functional groups attached to an aromatic ring is 1. The summed E-state index contributed by atoms with van der Waals surface area (Å²) in [4.78, 5) is 0.0874. The molecule has 2 rings (SSSR count). The normalized spacial score (nSPS) is 17.4. The molecule has 19 heavy (non-hydrogen) atoms. The van der Waals surface area contributed by atoms with E-state index in [1.54, 1.807) is 0 Å². The van der Waals surface area contributed by atoms with Gasteiger partial charge in [0.1, 0.15) is 0 Å². The summed E-state index contributed by atoms with van der Waals surface area (Å²) in [7, 11) is -3.60. The van der Waals surface area contributed by atoms with Gasteiger partial charge in [0.15, 0.2) is 0 Å². The average Bonchev–Trinajstić information content (AvgIpc) is 3.12. The molecular weight excluding hydrogens is 352 g/mol. The largest absolute Gasteiger partial charge is 0.398 e. The third-order valence-electron chi connectivity index (χ3n) is 3.67. The molecule has 0 bridgehead atoms. The summed E-state index contributed by atoms with van der Waals surface area (Å²) in [5.41, 5.74) is 6.17. The summed E-state index contributed by atoms with van der Waals surface area (Å²) in [5.74, 6) is 0. The third-order valence-corrected chi connectivity index (χ3v) is 6.46. The number of nitrogens with one attached hydrogen (secondary N) is 1. The van der Waals surface area contributed by atoms with Crippen molar-refractivity contribution in [1.29, 1.82) is 0 Å². The van der Waals surface area contributed by atoms with Crippen LogP contribution in [0.15, 0.2) is 21.5 Å². The molecule has 3 N–H and O–H groups in total. The molecule has 1 saturated carbocycles. The molecule has 0 aromatic heterocycles. The summed E-state index contributed by atoms with van der Waals surface area (Å²) in [6.45, 7) is 2.54. The van der Waals surface area contributed by atoms with Crippen LogP contribution in [0.2, 0.25) is 5.02 Å². The Bertz CT molecular complexity index is 600. The lowest BCUT2D eigenvalue weighted by Gasteiger charge is -2.15. The van der Waals surface area contributed by atoms with Crippen LogP contribution in [-0.2, 0) is 10.0 Å². The van der Waals surface area contributed by atoms with E-state index < -0.39 is 10.0 Å². The maximum absolute atomic E-state index is 12.3. The number of halogens is 2. The average molecular weight is 368 g/mol. The second-order valence-electron chi connectivity index (χ2n) is 4.99. The molecule has 1 aliphatic carbocycles. The monoisotopic (exact) mass is 366 g/mol. The van der Waals surface area contributed by atoms with Gasteiger partial charge in [0.2, 0.25) is 10.0 Å². The molecule has 0 spiro atoms. The maximum atomic E-state index is 12.3. The van der Waals surface area contributed by atoms with Crippen molar-refractivity contribution in [2.75, 3.05) is 12.3 Å². The van der Waals surface area contributed by atoms with Crippen molar-refractivity contribution >= 4 is 43.2 Å². The van der Waals surface area contributed by atoms with Crippen molar-refractivity contribution in [3.63, 3.8) is 0 Å². The van der Waals surface area contributed by atoms with Crippen molar-refractivity contribution in [2.45, 2.75) is 31.1 Å². The fraction of sp³-hybridized carbons (Fsp3) is 0.500. The Hall–Kier alpha value is -0.300. The highest BCUT2D eigenvalue weighted by atomic mass is 79.9. The summed E-state index contributed by atoms with van der Waals surface area (Å²) in [6, 6.07) is 2.91. The van der Waals surface area contributed by atoms with Gasteiger partial charge in [-0.2, -0.15) is 0 Å². The van der Waals surface area contributed by atoms with E-state index >= 15 is 0 Å². The second kappa shape index (κ2) is 5.24. The van der Waals surface area contributed by atoms with E-state index in [-0.39, 0.29) is 10.3 Å². The summed E-state index contributed by atoms with van der Waals surface area (Å²) in [6.07, 6.45) is 3.13. The predicted octanol–water partition coefficient (Wildman–Crippen LogP) is 3.15. The van der Waals surface area contributed by atoms with Gasteiger partial charge in [0, 0.05) is 17.3 Å². The molecule has 106 valence electrons. The molecule has 1 aliphatic rings. The van der Waals surface area contributed by atoms with Crippen LogP contribution in [0.1, 0.15) is 26.2 Å². The fourth-order valence-electron chi connectivity index (χ4n) is 1.94. The Labute approximate surface area is 126 Å². The van der Waals surface area contributed by atoms with Gasteiger partial charge in [-0.3, -0.25) is 0 Å². The third kappa shape index (κ3) is 3.24. The van der Waals surface area contributed by atoms with E-state index in [1.165, 1.54) is 12.1 Å². The van der Waals surface area contributed by atoms with Crippen LogP contribution in [0.25, 0.3) is 0 Å². The molecule has 0 saturated heterocycles. The first-order valence-electron chi connectivity index (χ1n) is 6.04. The lowest BCUT2D eigenvalue weighted by molar-refractivity contribution is 0.475. The Balaban J connectivity index is 2.25. The van der Waals surface area contributed by atoms with Crippen molar-refractivity contribution < 1.29 is 8.42 Å². The molecule has 0 heterocycles. The van der Waals surface area contributed by atoms with Crippen LogP contribution < -0.4 is 10.5 Å². The highest BCUT2D eigenvalue weighted by molar-refractivity contribution is 9.10. The second-order valence-corrected chi connectivity index (χ2v) is 7.95. The number of sulfonamides is 1. The minimum Gasteiger partial charge on any atom is -0.398 e. The summed E-state index contributed by atoms with van der Waals surface area (Å²) < 4.78 is 27.6. The lowest BCUT2D eigenvalue weighted by Crippen LogP contribution is -2.30. The molecule has 1 aromatic carbocycles. The predicted molar refractivity (Wildman–Crippen MR) is 80.7 cm³/mol. The zero-order valence-corrected chi connectivity index (χ0v) is 13.7. The van der Waals surface area contributed by atoms with Crippen molar-refractivity contribution in [3.8, 4) is 0 Å². The van der Waals surface area contributed by atoms with Crippen LogP contribution in [0.4, 0.5) is 5.69 Å². The molecular formula is C12H16BrClN2O2S. The zero-order chi connectivity index (χ0) is 14.3. The molecule has 1 aromatic rings. The molecule has 0 aliphatic heterocycles. The first kappa shape index (κ1) is 15.1. The van der Waals surface area contributed by atoms with Gasteiger partial charge in [-0.25, -0.2) is 13.1 Å². The number of hydrogen-bond acceptors (Lipinski definition) is 3. The highest BCUT2D eigenvalue weighted by Gasteiger charge is 2.41. The van der Waals surface area contributed by atoms with Crippen molar-refractivity contribution in [2.24, 2.45) is 5.41 Å². The topological polar surface area (TPSA) is 72.2 Å². The van der Waals surface area contributed by atoms with Crippen LogP contribution >= 0.6 is 27.5 Å². The van der Waals surface area contributed by atoms with E-state index in [0.717, 1.165) is 19.3 Å². The molecule has 4 nitrogen and oxygen atoms in total. The minimum atomic E-state index is -3.60. The van der Waals surface area contributed by atoms with Crippen molar-refractivity contribution in [3.05, 3.63) is 21.6 Å². The standard InChI is InChI=1S/C12H16BrClN2O2S/c1-2-12(3-4-12)7-16-19(17,18)10-6-8(14)5-9(15)11(10)13/h5-6,16H,2-4,7,15H2,1H3. The number of rotatable bonds is 5. The smallest absolute Gasteiger partial charge is 0.241 e. The minimum absolute atomic E-state index is 0.0874. The quantitative estimate of drug-likeness (QED) is 0.785. The van der Waals surface area contributed by atoms with E-state index in [9.17, 15) is 8.42 Å². The van der Waals surface area contributed by atoms with E-state index in [2.05, 4.69) is 27.6 Å². The summed E-state index contributed by atoms with van der Waals surface area (Å²) in [5, 5.41) is 0.303. The van der Waals surface area contributed by atoms with Crippen LogP contribution in [-0.4, -0.2) is 15.0 Å². The first-order chi connectivity index (χ1) is 8.80. The van der Waals surface area contributed by atoms with Gasteiger partial charge >= 0.3 is 0 Å². The lowest BCUT2D eigenvalue weighted by atomic mass is 10.1. The Kier molecular flexibility index (Phi) is 4.16. The number of benzene rings is 1. The SMILES string of the molecule is CCC1(CNS(=O)(=O)c2cc(Cl)cc(N)c2Br)CC1. The van der Waals surface area contributed by atoms with Crippen LogP contribution in [0.3, 0.4) is 0 Å². The molecule has 7 heteroatoms. The highest BCUT2D eigenvalue weighted by Crippen LogP contribution is 2.48. The maximum Gasteiger partial charge on any atom is 0.241 e. The molecule has 0 radical (unpaired) electrons. The molecule has 1 fully saturated rings. The van der Waals surface area contributed by atoms with Gasteiger partial charge in [-0.1, -0.05) is 18.5 Å². The summed E-state index contributed by atoms with van der Waals surface area (Å²) >= 11 is 9.07. The van der Waals surface area contributed by atoms with Crippen molar-refractivity contribution in [1.82, 2.24) is 4.72 Å². The molecule has 0 unspecified atom stereocenters. The van der Waals surface area contributed by atoms with E-state index in [0.29, 0.717) is 21.7 Å². The van der Waals surface area contributed by atoms with Crippen LogP contribution in [0, 0.1) is 5.41 Å². The van der Waals surface area contributed by atoms with Gasteiger partial charge in [-0.05, 0) is 52.7 Å². The Morgan fingerprint density at radius 1 is 1.47 bits per heavy atom. The number of nitrogens with two attached hydrogens (primary N) is 1.